The largest absolute Gasteiger partial charge is 0.400 e. The summed E-state index contributed by atoms with van der Waals surface area (Å²) in [5, 5.41) is 7.00. The Morgan fingerprint density at radius 2 is 0.451 bits per heavy atom. The van der Waals surface area contributed by atoms with Gasteiger partial charge >= 0.3 is 0 Å². The summed E-state index contributed by atoms with van der Waals surface area (Å²) in [5.74, 6) is 0. The van der Waals surface area contributed by atoms with E-state index >= 15 is 0 Å². The monoisotopic (exact) mass is 1170 g/mol. The molecule has 0 aliphatic carbocycles. The molecule has 0 amide bonds. The Bertz CT molecular complexity index is 2580. The van der Waals surface area contributed by atoms with E-state index in [9.17, 15) is 0 Å². The van der Waals surface area contributed by atoms with Crippen LogP contribution in [0.3, 0.4) is 0 Å². The molecule has 2 unspecified atom stereocenters. The van der Waals surface area contributed by atoms with Crippen LogP contribution in [0, 0.1) is 0 Å². The number of fused-ring (bicyclic) bond motifs is 4. The molecule has 0 saturated carbocycles. The van der Waals surface area contributed by atoms with Gasteiger partial charge in [0.2, 0.25) is 0 Å². The molecular weight excluding hydrogens is 1080 g/mol. The number of hydrogen-bond donors (Lipinski definition) is 1. The summed E-state index contributed by atoms with van der Waals surface area (Å²) in [6.07, 6.45) is 0.245. The molecule has 0 fully saturated rings. The molecule has 1 N–H and O–H groups in total. The molecule has 4 aliphatic rings. The van der Waals surface area contributed by atoms with Crippen LogP contribution in [0.5, 0.6) is 0 Å². The predicted molar refractivity (Wildman–Crippen MR) is 345 cm³/mol. The minimum absolute atomic E-state index is 0. The van der Waals surface area contributed by atoms with Crippen LogP contribution in [-0.4, -0.2) is 113 Å². The van der Waals surface area contributed by atoms with Gasteiger partial charge in [0.15, 0.2) is 0 Å². The van der Waals surface area contributed by atoms with Crippen molar-refractivity contribution in [1.82, 2.24) is 19.6 Å². The fourth-order valence-corrected chi connectivity index (χ4v) is 10.5. The average Bonchev–Trinajstić information content (AvgIpc) is 3.50. The van der Waals surface area contributed by atoms with Crippen LogP contribution in [-0.2, 0) is 45.1 Å². The average molecular weight is 1170 g/mol. The molecule has 8 aromatic carbocycles. The number of rotatable bonds is 4. The van der Waals surface area contributed by atoms with Crippen LogP contribution in [0.25, 0.3) is 0 Å². The first-order valence-electron chi connectivity index (χ1n) is 27.5. The molecule has 12 rings (SSSR count). The third kappa shape index (κ3) is 19.7. The SMILES string of the molecule is C.CN1CCOC(c2ccccc2)c2ccccc2C1.CN1CCOC(c2ccccc2)c2ccccc2C1.CN1CCO[C@@H](c2ccccc2)c2ccccc2C1.CN1CCO[C@@H](c2ccccc2)c2ccccc2C1.CO.Cl.Cl.Cl. The van der Waals surface area contributed by atoms with Crippen LogP contribution in [0.4, 0.5) is 0 Å². The second kappa shape index (κ2) is 36.8. The van der Waals surface area contributed by atoms with E-state index in [2.05, 4.69) is 242 Å². The molecule has 438 valence electrons. The van der Waals surface area contributed by atoms with Crippen molar-refractivity contribution in [3.05, 3.63) is 285 Å². The highest BCUT2D eigenvalue weighted by atomic mass is 35.5. The number of hydrogen-bond acceptors (Lipinski definition) is 9. The number of halogens is 3. The standard InChI is InChI=1S/4C17H19NO.CH4O.CH4.3ClH/c4*1-18-11-12-19-17(14-7-3-2-4-8-14)16-10-6-5-9-15(16)13-18;1-2;;;;/h4*2-10,17H,11-13H2,1H3;2H,1H3;1H4;3*1H/t2*17-;;;;;;;/m00......./s1. The van der Waals surface area contributed by atoms with Crippen molar-refractivity contribution in [3.63, 3.8) is 0 Å². The summed E-state index contributed by atoms with van der Waals surface area (Å²) in [6, 6.07) is 76.3. The van der Waals surface area contributed by atoms with Gasteiger partial charge in [-0.25, -0.2) is 0 Å². The van der Waals surface area contributed by atoms with Crippen LogP contribution < -0.4 is 0 Å². The highest BCUT2D eigenvalue weighted by molar-refractivity contribution is 5.86. The molecule has 4 aliphatic heterocycles. The first-order valence-corrected chi connectivity index (χ1v) is 27.5. The van der Waals surface area contributed by atoms with Gasteiger partial charge in [-0.3, -0.25) is 19.6 Å². The number of ether oxygens (including phenoxy) is 4. The Hall–Kier alpha value is -5.73. The Labute approximate surface area is 509 Å². The fourth-order valence-electron chi connectivity index (χ4n) is 10.5. The first kappa shape index (κ1) is 68.8. The summed E-state index contributed by atoms with van der Waals surface area (Å²) >= 11 is 0. The highest BCUT2D eigenvalue weighted by Crippen LogP contribution is 2.34. The van der Waals surface area contributed by atoms with Gasteiger partial charge in [-0.05, 0) is 95.0 Å². The fraction of sp³-hybridized carbons (Fsp3) is 0.314. The molecule has 8 aromatic rings. The zero-order chi connectivity index (χ0) is 54.3. The van der Waals surface area contributed by atoms with E-state index in [0.717, 1.165) is 85.9 Å². The minimum Gasteiger partial charge on any atom is -0.400 e. The minimum atomic E-state index is 0. The topological polar surface area (TPSA) is 70.1 Å². The quantitative estimate of drug-likeness (QED) is 0.186. The van der Waals surface area contributed by atoms with Crippen molar-refractivity contribution in [2.45, 2.75) is 58.0 Å². The van der Waals surface area contributed by atoms with Crippen LogP contribution in [0.15, 0.2) is 218 Å². The maximum absolute atomic E-state index is 7.00. The number of nitrogens with zero attached hydrogens (tertiary/aromatic N) is 4. The molecule has 9 nitrogen and oxygen atoms in total. The second-order valence-corrected chi connectivity index (χ2v) is 20.4. The van der Waals surface area contributed by atoms with Gasteiger partial charge in [-0.1, -0.05) is 226 Å². The number of aliphatic hydroxyl groups excluding tert-OH is 1. The number of aliphatic hydroxyl groups is 1. The van der Waals surface area contributed by atoms with Crippen molar-refractivity contribution in [2.24, 2.45) is 0 Å². The van der Waals surface area contributed by atoms with Crippen molar-refractivity contribution in [1.29, 1.82) is 0 Å². The summed E-state index contributed by atoms with van der Waals surface area (Å²) in [6.45, 7) is 10.9. The summed E-state index contributed by atoms with van der Waals surface area (Å²) < 4.78 is 24.5. The van der Waals surface area contributed by atoms with E-state index in [1.54, 1.807) is 0 Å². The zero-order valence-corrected chi connectivity index (χ0v) is 50.1. The molecule has 0 spiro atoms. The molecule has 0 radical (unpaired) electrons. The van der Waals surface area contributed by atoms with Crippen molar-refractivity contribution in [2.75, 3.05) is 87.9 Å². The van der Waals surface area contributed by atoms with Gasteiger partial charge in [-0.2, -0.15) is 0 Å². The maximum atomic E-state index is 7.00. The third-order valence-corrected chi connectivity index (χ3v) is 14.6. The Balaban J connectivity index is 0.000000229. The Morgan fingerprint density at radius 3 is 0.646 bits per heavy atom. The lowest BCUT2D eigenvalue weighted by Crippen LogP contribution is -2.27. The van der Waals surface area contributed by atoms with Gasteiger partial charge < -0.3 is 24.1 Å². The van der Waals surface area contributed by atoms with Crippen molar-refractivity contribution in [3.8, 4) is 0 Å². The summed E-state index contributed by atoms with van der Waals surface area (Å²) in [5.41, 5.74) is 15.5. The molecular formula is C70H87Cl3N4O5. The van der Waals surface area contributed by atoms with Crippen molar-refractivity contribution >= 4 is 37.2 Å². The van der Waals surface area contributed by atoms with E-state index in [4.69, 9.17) is 24.1 Å². The first-order chi connectivity index (χ1) is 38.4. The van der Waals surface area contributed by atoms with Gasteiger partial charge in [0.05, 0.1) is 26.4 Å². The van der Waals surface area contributed by atoms with Gasteiger partial charge in [0.25, 0.3) is 0 Å². The third-order valence-electron chi connectivity index (χ3n) is 14.6. The maximum Gasteiger partial charge on any atom is 0.108 e. The van der Waals surface area contributed by atoms with Gasteiger partial charge in [-0.15, -0.1) is 37.2 Å². The van der Waals surface area contributed by atoms with Crippen LogP contribution >= 0.6 is 37.2 Å². The second-order valence-electron chi connectivity index (χ2n) is 20.4. The van der Waals surface area contributed by atoms with E-state index < -0.39 is 0 Å². The lowest BCUT2D eigenvalue weighted by Gasteiger charge is -2.28. The van der Waals surface area contributed by atoms with E-state index in [1.807, 2.05) is 24.3 Å². The molecule has 0 bridgehead atoms. The lowest BCUT2D eigenvalue weighted by atomic mass is 9.96. The van der Waals surface area contributed by atoms with E-state index in [0.29, 0.717) is 0 Å². The lowest BCUT2D eigenvalue weighted by molar-refractivity contribution is 0.0553. The zero-order valence-electron chi connectivity index (χ0n) is 47.7. The summed E-state index contributed by atoms with van der Waals surface area (Å²) in [4.78, 5) is 9.22. The number of likely N-dealkylation sites (N-methyl/N-ethyl adjacent to an activating group) is 4. The molecule has 82 heavy (non-hydrogen) atoms. The van der Waals surface area contributed by atoms with E-state index in [-0.39, 0.29) is 69.1 Å². The molecule has 4 atom stereocenters. The van der Waals surface area contributed by atoms with Crippen molar-refractivity contribution < 1.29 is 24.1 Å². The summed E-state index contributed by atoms with van der Waals surface area (Å²) in [7, 11) is 9.57. The molecule has 0 aromatic heterocycles. The number of benzene rings is 8. The molecule has 12 heteroatoms. The highest BCUT2D eigenvalue weighted by Gasteiger charge is 2.25. The molecule has 0 saturated heterocycles. The predicted octanol–water partition coefficient (Wildman–Crippen LogP) is 14.5. The Morgan fingerprint density at radius 1 is 0.280 bits per heavy atom. The van der Waals surface area contributed by atoms with Crippen LogP contribution in [0.2, 0.25) is 0 Å². The van der Waals surface area contributed by atoms with Gasteiger partial charge in [0, 0.05) is 59.5 Å². The van der Waals surface area contributed by atoms with Gasteiger partial charge in [0.1, 0.15) is 24.4 Å². The smallest absolute Gasteiger partial charge is 0.108 e. The molecule has 4 heterocycles. The van der Waals surface area contributed by atoms with Crippen LogP contribution in [0.1, 0.15) is 98.6 Å². The Kier molecular flexibility index (Phi) is 30.8. The van der Waals surface area contributed by atoms with E-state index in [1.165, 1.54) is 66.8 Å². The normalized spacial score (nSPS) is 19.0.